The van der Waals surface area contributed by atoms with Gasteiger partial charge in [0.1, 0.15) is 5.60 Å². The number of carbonyl (C=O) groups excluding carboxylic acids is 1. The van der Waals surface area contributed by atoms with Crippen LogP contribution >= 0.6 is 0 Å². The van der Waals surface area contributed by atoms with E-state index in [1.807, 2.05) is 13.0 Å². The molecule has 3 unspecified atom stereocenters. The highest BCUT2D eigenvalue weighted by Crippen LogP contribution is 2.66. The Hall–Kier alpha value is -2.31. The molecule has 0 bridgehead atoms. The fraction of sp³-hybridized carbons (Fsp3) is 0.552. The Kier molecular flexibility index (Phi) is 5.13. The summed E-state index contributed by atoms with van der Waals surface area (Å²) in [4.78, 5) is 14.3. The van der Waals surface area contributed by atoms with Crippen LogP contribution in [0.3, 0.4) is 0 Å². The molecule has 32 heavy (non-hydrogen) atoms. The van der Waals surface area contributed by atoms with Crippen molar-refractivity contribution in [1.82, 2.24) is 0 Å². The van der Waals surface area contributed by atoms with E-state index in [2.05, 4.69) is 62.0 Å². The third-order valence-corrected chi connectivity index (χ3v) is 9.03. The maximum atomic E-state index is 12.2. The zero-order chi connectivity index (χ0) is 22.7. The third kappa shape index (κ3) is 3.11. The van der Waals surface area contributed by atoms with Gasteiger partial charge in [-0.3, -0.25) is 4.79 Å². The number of fused-ring (bicyclic) bond motifs is 4. The fourth-order valence-corrected chi connectivity index (χ4v) is 7.38. The Bertz CT molecular complexity index is 1070. The van der Waals surface area contributed by atoms with Gasteiger partial charge in [0, 0.05) is 37.5 Å². The molecule has 1 N–H and O–H groups in total. The number of hydrogen-bond acceptors (Lipinski definition) is 3. The van der Waals surface area contributed by atoms with E-state index in [-0.39, 0.29) is 17.1 Å². The molecule has 1 aromatic carbocycles. The van der Waals surface area contributed by atoms with Crippen LogP contribution in [0.4, 0.5) is 5.69 Å². The van der Waals surface area contributed by atoms with Gasteiger partial charge in [-0.1, -0.05) is 30.6 Å². The molecule has 4 aliphatic rings. The average molecular weight is 430 g/mol. The number of aliphatic hydroxyl groups is 1. The Morgan fingerprint density at radius 1 is 1.09 bits per heavy atom. The summed E-state index contributed by atoms with van der Waals surface area (Å²) in [6.45, 7) is 4.15. The normalized spacial score (nSPS) is 35.8. The van der Waals surface area contributed by atoms with Crippen LogP contribution < -0.4 is 4.90 Å². The van der Waals surface area contributed by atoms with Crippen molar-refractivity contribution in [2.45, 2.75) is 70.3 Å². The van der Waals surface area contributed by atoms with Gasteiger partial charge in [0.05, 0.1) is 0 Å². The molecule has 5 rings (SSSR count). The predicted octanol–water partition coefficient (Wildman–Crippen LogP) is 5.41. The molecule has 3 nitrogen and oxygen atoms in total. The molecule has 0 spiro atoms. The molecule has 0 radical (unpaired) electrons. The van der Waals surface area contributed by atoms with Crippen molar-refractivity contribution >= 4 is 11.5 Å². The summed E-state index contributed by atoms with van der Waals surface area (Å²) in [5.74, 6) is 7.76. The van der Waals surface area contributed by atoms with Crippen molar-refractivity contribution in [3.63, 3.8) is 0 Å². The van der Waals surface area contributed by atoms with E-state index in [0.717, 1.165) is 38.5 Å². The second kappa shape index (κ2) is 7.63. The minimum atomic E-state index is -0.914. The van der Waals surface area contributed by atoms with Gasteiger partial charge >= 0.3 is 0 Å². The third-order valence-electron chi connectivity index (χ3n) is 9.03. The Morgan fingerprint density at radius 2 is 1.84 bits per heavy atom. The highest BCUT2D eigenvalue weighted by Gasteiger charge is 2.62. The first-order valence-electron chi connectivity index (χ1n) is 12.2. The number of hydrogen-bond donors (Lipinski definition) is 1. The molecule has 0 aliphatic heterocycles. The lowest BCUT2D eigenvalue weighted by atomic mass is 9.51. The van der Waals surface area contributed by atoms with Gasteiger partial charge in [0.25, 0.3) is 0 Å². The van der Waals surface area contributed by atoms with Gasteiger partial charge in [0.15, 0.2) is 5.78 Å². The zero-order valence-corrected chi connectivity index (χ0v) is 19.9. The maximum absolute atomic E-state index is 12.2. The molecule has 4 aliphatic carbocycles. The molecule has 5 atom stereocenters. The standard InChI is InChI=1S/C29H35NO2/c1-5-15-29(32)16-14-26-24-12-8-20-17-22(31)11-13-23(20)27(24)25(18-28(26,29)2)19-6-9-21(10-7-19)30(3)4/h6-7,9-10,17,24-26,32H,8,11-14,16,18H2,1-4H3/t24?,25?,26?,28-,29+/m1/s1. The topological polar surface area (TPSA) is 40.5 Å². The van der Waals surface area contributed by atoms with Gasteiger partial charge < -0.3 is 10.0 Å². The van der Waals surface area contributed by atoms with Gasteiger partial charge in [-0.15, -0.1) is 5.92 Å². The summed E-state index contributed by atoms with van der Waals surface area (Å²) in [5, 5.41) is 11.7. The van der Waals surface area contributed by atoms with Crippen molar-refractivity contribution < 1.29 is 9.90 Å². The Balaban J connectivity index is 1.67. The Labute approximate surface area is 192 Å². The highest BCUT2D eigenvalue weighted by atomic mass is 16.3. The number of benzene rings is 1. The van der Waals surface area contributed by atoms with Crippen molar-refractivity contribution in [1.29, 1.82) is 0 Å². The fourth-order valence-electron chi connectivity index (χ4n) is 7.38. The van der Waals surface area contributed by atoms with Gasteiger partial charge in [-0.2, -0.15) is 0 Å². The van der Waals surface area contributed by atoms with Gasteiger partial charge in [-0.05, 0) is 92.2 Å². The SMILES string of the molecule is CC#C[C@]1(O)CCC2C3CCC4=CC(=O)CCC4=C3C(c3ccc(N(C)C)cc3)C[C@]21C. The van der Waals surface area contributed by atoms with Gasteiger partial charge in [-0.25, -0.2) is 0 Å². The van der Waals surface area contributed by atoms with Crippen molar-refractivity contribution in [3.8, 4) is 11.8 Å². The van der Waals surface area contributed by atoms with Crippen molar-refractivity contribution in [2.24, 2.45) is 17.3 Å². The second-order valence-electron chi connectivity index (χ2n) is 10.8. The summed E-state index contributed by atoms with van der Waals surface area (Å²) in [6.07, 6.45) is 8.23. The molecular formula is C29H35NO2. The molecule has 0 amide bonds. The molecular weight excluding hydrogens is 394 g/mol. The summed E-state index contributed by atoms with van der Waals surface area (Å²) in [6, 6.07) is 8.97. The maximum Gasteiger partial charge on any atom is 0.156 e. The molecule has 168 valence electrons. The second-order valence-corrected chi connectivity index (χ2v) is 10.8. The van der Waals surface area contributed by atoms with E-state index in [1.54, 1.807) is 5.57 Å². The van der Waals surface area contributed by atoms with Gasteiger partial charge in [0.2, 0.25) is 0 Å². The molecule has 0 aromatic heterocycles. The number of allylic oxidation sites excluding steroid dienone is 4. The lowest BCUT2D eigenvalue weighted by Gasteiger charge is -2.53. The highest BCUT2D eigenvalue weighted by molar-refractivity contribution is 5.93. The van der Waals surface area contributed by atoms with E-state index in [0.29, 0.717) is 18.3 Å². The van der Waals surface area contributed by atoms with E-state index in [4.69, 9.17) is 0 Å². The smallest absolute Gasteiger partial charge is 0.156 e. The lowest BCUT2D eigenvalue weighted by molar-refractivity contribution is -0.114. The molecule has 1 aromatic rings. The number of rotatable bonds is 2. The van der Waals surface area contributed by atoms with E-state index in [9.17, 15) is 9.90 Å². The van der Waals surface area contributed by atoms with Crippen LogP contribution in [0.1, 0.15) is 70.3 Å². The van der Waals surface area contributed by atoms with E-state index < -0.39 is 5.60 Å². The minimum absolute atomic E-state index is 0.221. The lowest BCUT2D eigenvalue weighted by Crippen LogP contribution is -2.51. The summed E-state index contributed by atoms with van der Waals surface area (Å²) < 4.78 is 0. The molecule has 0 saturated heterocycles. The van der Waals surface area contributed by atoms with Crippen LogP contribution in [0.15, 0.2) is 47.1 Å². The number of carbonyl (C=O) groups is 1. The quantitative estimate of drug-likeness (QED) is 0.640. The van der Waals surface area contributed by atoms with E-state index >= 15 is 0 Å². The number of ketones is 1. The van der Waals surface area contributed by atoms with Crippen molar-refractivity contribution in [3.05, 3.63) is 52.6 Å². The molecule has 2 saturated carbocycles. The zero-order valence-electron chi connectivity index (χ0n) is 19.9. The van der Waals surface area contributed by atoms with Crippen LogP contribution in [0, 0.1) is 29.1 Å². The Morgan fingerprint density at radius 3 is 2.53 bits per heavy atom. The summed E-state index contributed by atoms with van der Waals surface area (Å²) in [7, 11) is 4.14. The molecule has 2 fully saturated rings. The number of anilines is 1. The first kappa shape index (κ1) is 21.5. The first-order valence-corrected chi connectivity index (χ1v) is 12.2. The van der Waals surface area contributed by atoms with E-state index in [1.165, 1.54) is 22.4 Å². The largest absolute Gasteiger partial charge is 0.378 e. The summed E-state index contributed by atoms with van der Waals surface area (Å²) in [5.41, 5.74) is 5.71. The first-order chi connectivity index (χ1) is 15.3. The molecule has 0 heterocycles. The molecule has 3 heteroatoms. The van der Waals surface area contributed by atoms with Crippen LogP contribution in [-0.2, 0) is 4.79 Å². The predicted molar refractivity (Wildman–Crippen MR) is 129 cm³/mol. The minimum Gasteiger partial charge on any atom is -0.378 e. The number of nitrogens with zero attached hydrogens (tertiary/aromatic N) is 1. The summed E-state index contributed by atoms with van der Waals surface area (Å²) >= 11 is 0. The van der Waals surface area contributed by atoms with Crippen LogP contribution in [0.2, 0.25) is 0 Å². The van der Waals surface area contributed by atoms with Crippen LogP contribution in [0.5, 0.6) is 0 Å². The monoisotopic (exact) mass is 429 g/mol. The average Bonchev–Trinajstić information content (AvgIpc) is 3.03. The van der Waals surface area contributed by atoms with Crippen LogP contribution in [0.25, 0.3) is 0 Å². The van der Waals surface area contributed by atoms with Crippen LogP contribution in [-0.4, -0.2) is 30.6 Å². The van der Waals surface area contributed by atoms with Crippen molar-refractivity contribution in [2.75, 3.05) is 19.0 Å².